The van der Waals surface area contributed by atoms with Crippen molar-refractivity contribution in [3.63, 3.8) is 0 Å². The Morgan fingerprint density at radius 1 is 1.24 bits per heavy atom. The standard InChI is InChI=1S/C19H22N2O7S/c1-12-19(23)21-15-9-14(7-8-16(15)28-12)29(24,25)20-10-13(22)11-27-18-6-4-3-5-17(18)26-2/h3-9,12-13,20,22H,10-11H2,1-2H3,(H,21,23)/t12-,13-/m0/s1. The molecular weight excluding hydrogens is 400 g/mol. The number of sulfonamides is 1. The topological polar surface area (TPSA) is 123 Å². The molecule has 1 heterocycles. The van der Waals surface area contributed by atoms with Gasteiger partial charge in [0.05, 0.1) is 17.7 Å². The second kappa shape index (κ2) is 8.68. The first-order chi connectivity index (χ1) is 13.8. The summed E-state index contributed by atoms with van der Waals surface area (Å²) in [6.07, 6.45) is -1.74. The fraction of sp³-hybridized carbons (Fsp3) is 0.316. The largest absolute Gasteiger partial charge is 0.493 e. The SMILES string of the molecule is COc1ccccc1OC[C@@H](O)CNS(=O)(=O)c1ccc2c(c1)NC(=O)[C@H](C)O2. The van der Waals surface area contributed by atoms with E-state index in [1.165, 1.54) is 25.3 Å². The van der Waals surface area contributed by atoms with E-state index >= 15 is 0 Å². The van der Waals surface area contributed by atoms with Gasteiger partial charge in [0.15, 0.2) is 17.6 Å². The molecule has 2 aromatic rings. The Labute approximate surface area is 168 Å². The zero-order valence-electron chi connectivity index (χ0n) is 15.9. The molecule has 0 saturated heterocycles. The number of amides is 1. The Hall–Kier alpha value is -2.82. The first-order valence-corrected chi connectivity index (χ1v) is 10.3. The van der Waals surface area contributed by atoms with Crippen LogP contribution < -0.4 is 24.2 Å². The van der Waals surface area contributed by atoms with Crippen LogP contribution in [-0.2, 0) is 14.8 Å². The number of aliphatic hydroxyl groups excluding tert-OH is 1. The molecule has 29 heavy (non-hydrogen) atoms. The number of hydrogen-bond donors (Lipinski definition) is 3. The molecule has 0 unspecified atom stereocenters. The summed E-state index contributed by atoms with van der Waals surface area (Å²) in [5.41, 5.74) is 0.274. The Kier molecular flexibility index (Phi) is 6.26. The third-order valence-electron chi connectivity index (χ3n) is 4.20. The summed E-state index contributed by atoms with van der Waals surface area (Å²) in [6.45, 7) is 1.21. The number of aliphatic hydroxyl groups is 1. The molecule has 3 rings (SSSR count). The number of benzene rings is 2. The lowest BCUT2D eigenvalue weighted by atomic mass is 10.2. The number of para-hydroxylation sites is 2. The van der Waals surface area contributed by atoms with Crippen LogP contribution in [0.5, 0.6) is 17.2 Å². The van der Waals surface area contributed by atoms with Gasteiger partial charge >= 0.3 is 0 Å². The first-order valence-electron chi connectivity index (χ1n) is 8.85. The van der Waals surface area contributed by atoms with Crippen LogP contribution in [0.1, 0.15) is 6.92 Å². The van der Waals surface area contributed by atoms with Gasteiger partial charge in [-0.3, -0.25) is 4.79 Å². The molecule has 10 heteroatoms. The summed E-state index contributed by atoms with van der Waals surface area (Å²) in [4.78, 5) is 11.6. The van der Waals surface area contributed by atoms with Crippen molar-refractivity contribution in [3.05, 3.63) is 42.5 Å². The zero-order valence-corrected chi connectivity index (χ0v) is 16.7. The minimum absolute atomic E-state index is 0.0625. The smallest absolute Gasteiger partial charge is 0.265 e. The minimum atomic E-state index is -3.91. The Morgan fingerprint density at radius 3 is 2.69 bits per heavy atom. The fourth-order valence-electron chi connectivity index (χ4n) is 2.63. The van der Waals surface area contributed by atoms with E-state index in [0.29, 0.717) is 17.2 Å². The normalized spacial score (nSPS) is 16.9. The Bertz CT molecular complexity index is 994. The van der Waals surface area contributed by atoms with Crippen molar-refractivity contribution in [3.8, 4) is 17.2 Å². The number of carbonyl (C=O) groups excluding carboxylic acids is 1. The number of hydrogen-bond acceptors (Lipinski definition) is 7. The van der Waals surface area contributed by atoms with E-state index in [1.807, 2.05) is 0 Å². The number of anilines is 1. The van der Waals surface area contributed by atoms with Crippen LogP contribution in [0.4, 0.5) is 5.69 Å². The molecule has 9 nitrogen and oxygen atoms in total. The molecular formula is C19H22N2O7S. The second-order valence-corrected chi connectivity index (χ2v) is 8.14. The molecule has 2 aromatic carbocycles. The van der Waals surface area contributed by atoms with Gasteiger partial charge in [0.2, 0.25) is 10.0 Å². The summed E-state index contributed by atoms with van der Waals surface area (Å²) in [6, 6.07) is 11.1. The lowest BCUT2D eigenvalue weighted by molar-refractivity contribution is -0.122. The average molecular weight is 422 g/mol. The van der Waals surface area contributed by atoms with Crippen LogP contribution in [0.15, 0.2) is 47.4 Å². The van der Waals surface area contributed by atoms with Crippen molar-refractivity contribution in [1.29, 1.82) is 0 Å². The first kappa shape index (κ1) is 20.9. The fourth-order valence-corrected chi connectivity index (χ4v) is 3.73. The highest BCUT2D eigenvalue weighted by Gasteiger charge is 2.26. The van der Waals surface area contributed by atoms with Gasteiger partial charge in [-0.05, 0) is 37.3 Å². The van der Waals surface area contributed by atoms with Crippen LogP contribution in [0, 0.1) is 0 Å². The molecule has 0 spiro atoms. The van der Waals surface area contributed by atoms with Crippen molar-refractivity contribution in [2.75, 3.05) is 25.6 Å². The number of fused-ring (bicyclic) bond motifs is 1. The molecule has 1 amide bonds. The molecule has 1 aliphatic heterocycles. The third-order valence-corrected chi connectivity index (χ3v) is 5.62. The maximum atomic E-state index is 12.5. The van der Waals surface area contributed by atoms with Crippen molar-refractivity contribution in [2.24, 2.45) is 0 Å². The van der Waals surface area contributed by atoms with Crippen LogP contribution in [0.25, 0.3) is 0 Å². The molecule has 0 fully saturated rings. The van der Waals surface area contributed by atoms with E-state index in [0.717, 1.165) is 0 Å². The maximum Gasteiger partial charge on any atom is 0.265 e. The summed E-state index contributed by atoms with van der Waals surface area (Å²) in [5, 5.41) is 12.7. The zero-order chi connectivity index (χ0) is 21.0. The number of nitrogens with one attached hydrogen (secondary N) is 2. The van der Waals surface area contributed by atoms with Crippen LogP contribution in [0.2, 0.25) is 0 Å². The van der Waals surface area contributed by atoms with Gasteiger partial charge < -0.3 is 24.6 Å². The van der Waals surface area contributed by atoms with Crippen LogP contribution >= 0.6 is 0 Å². The number of rotatable bonds is 8. The third kappa shape index (κ3) is 4.97. The number of carbonyl (C=O) groups is 1. The lowest BCUT2D eigenvalue weighted by Crippen LogP contribution is -2.36. The van der Waals surface area contributed by atoms with Gasteiger partial charge in [0, 0.05) is 6.54 Å². The molecule has 2 atom stereocenters. The van der Waals surface area contributed by atoms with E-state index in [1.54, 1.807) is 31.2 Å². The molecule has 0 saturated carbocycles. The maximum absolute atomic E-state index is 12.5. The molecule has 0 aromatic heterocycles. The Balaban J connectivity index is 1.60. The van der Waals surface area contributed by atoms with E-state index in [-0.39, 0.29) is 29.6 Å². The monoisotopic (exact) mass is 422 g/mol. The lowest BCUT2D eigenvalue weighted by Gasteiger charge is -2.23. The van der Waals surface area contributed by atoms with E-state index < -0.39 is 22.2 Å². The molecule has 1 aliphatic rings. The summed E-state index contributed by atoms with van der Waals surface area (Å²) in [7, 11) is -2.41. The quantitative estimate of drug-likeness (QED) is 0.583. The van der Waals surface area contributed by atoms with Crippen molar-refractivity contribution < 1.29 is 32.5 Å². The van der Waals surface area contributed by atoms with Gasteiger partial charge in [-0.1, -0.05) is 12.1 Å². The van der Waals surface area contributed by atoms with E-state index in [4.69, 9.17) is 14.2 Å². The highest BCUT2D eigenvalue weighted by Crippen LogP contribution is 2.31. The van der Waals surface area contributed by atoms with Crippen molar-refractivity contribution >= 4 is 21.6 Å². The summed E-state index contributed by atoms with van der Waals surface area (Å²) < 4.78 is 43.4. The highest BCUT2D eigenvalue weighted by atomic mass is 32.2. The van der Waals surface area contributed by atoms with Gasteiger partial charge in [0.25, 0.3) is 5.91 Å². The van der Waals surface area contributed by atoms with E-state index in [9.17, 15) is 18.3 Å². The molecule has 0 aliphatic carbocycles. The van der Waals surface area contributed by atoms with Gasteiger partial charge in [-0.15, -0.1) is 0 Å². The molecule has 0 radical (unpaired) electrons. The highest BCUT2D eigenvalue weighted by molar-refractivity contribution is 7.89. The average Bonchev–Trinajstić information content (AvgIpc) is 2.71. The van der Waals surface area contributed by atoms with Crippen LogP contribution in [-0.4, -0.2) is 51.9 Å². The van der Waals surface area contributed by atoms with Crippen LogP contribution in [0.3, 0.4) is 0 Å². The molecule has 156 valence electrons. The predicted octanol–water partition coefficient (Wildman–Crippen LogP) is 1.13. The molecule has 3 N–H and O–H groups in total. The molecule has 0 bridgehead atoms. The second-order valence-electron chi connectivity index (χ2n) is 6.37. The number of ether oxygens (including phenoxy) is 3. The Morgan fingerprint density at radius 2 is 1.97 bits per heavy atom. The van der Waals surface area contributed by atoms with Crippen molar-refractivity contribution in [1.82, 2.24) is 4.72 Å². The minimum Gasteiger partial charge on any atom is -0.493 e. The predicted molar refractivity (Wildman–Crippen MR) is 105 cm³/mol. The van der Waals surface area contributed by atoms with Gasteiger partial charge in [-0.2, -0.15) is 0 Å². The number of methoxy groups -OCH3 is 1. The summed E-state index contributed by atoms with van der Waals surface area (Å²) in [5.74, 6) is 0.981. The summed E-state index contributed by atoms with van der Waals surface area (Å²) >= 11 is 0. The van der Waals surface area contributed by atoms with Gasteiger partial charge in [-0.25, -0.2) is 13.1 Å². The van der Waals surface area contributed by atoms with E-state index in [2.05, 4.69) is 10.0 Å². The van der Waals surface area contributed by atoms with Crippen molar-refractivity contribution in [2.45, 2.75) is 24.0 Å². The van der Waals surface area contributed by atoms with Gasteiger partial charge in [0.1, 0.15) is 18.5 Å².